The number of phenolic OH excluding ortho intramolecular Hbond substituents is 1. The Morgan fingerprint density at radius 2 is 1.83 bits per heavy atom. The first-order valence-electron chi connectivity index (χ1n) is 6.44. The summed E-state index contributed by atoms with van der Waals surface area (Å²) in [7, 11) is 0. The fourth-order valence-electron chi connectivity index (χ4n) is 1.79. The first-order valence-corrected chi connectivity index (χ1v) is 6.44. The zero-order valence-electron chi connectivity index (χ0n) is 11.9. The maximum atomic E-state index is 11.9. The number of carbonyl (C=O) groups is 1. The van der Waals surface area contributed by atoms with E-state index in [-0.39, 0.29) is 16.8 Å². The van der Waals surface area contributed by atoms with Crippen LogP contribution < -0.4 is 5.43 Å². The molecule has 0 saturated carbocycles. The Hall–Kier alpha value is -3.82. The van der Waals surface area contributed by atoms with E-state index < -0.39 is 27.2 Å². The quantitative estimate of drug-likeness (QED) is 0.486. The molecule has 0 aliphatic heterocycles. The van der Waals surface area contributed by atoms with Crippen LogP contribution in [0.4, 0.5) is 11.4 Å². The summed E-state index contributed by atoms with van der Waals surface area (Å²) in [6, 6.07) is 8.87. The summed E-state index contributed by atoms with van der Waals surface area (Å²) in [5.74, 6) is -1.30. The van der Waals surface area contributed by atoms with Crippen LogP contribution >= 0.6 is 0 Å². The number of hydrazone groups is 1. The van der Waals surface area contributed by atoms with Gasteiger partial charge in [0.05, 0.1) is 16.1 Å². The number of nitro benzene ring substituents is 2. The van der Waals surface area contributed by atoms with Gasteiger partial charge in [-0.15, -0.1) is 0 Å². The van der Waals surface area contributed by atoms with Crippen molar-refractivity contribution in [1.29, 1.82) is 0 Å². The molecule has 0 aliphatic rings. The molecule has 24 heavy (non-hydrogen) atoms. The molecule has 0 aromatic heterocycles. The first-order chi connectivity index (χ1) is 11.4. The molecule has 0 spiro atoms. The molecule has 0 atom stereocenters. The largest absolute Gasteiger partial charge is 0.502 e. The summed E-state index contributed by atoms with van der Waals surface area (Å²) in [4.78, 5) is 31.8. The fourth-order valence-corrected chi connectivity index (χ4v) is 1.79. The summed E-state index contributed by atoms with van der Waals surface area (Å²) >= 11 is 0. The molecule has 1 amide bonds. The van der Waals surface area contributed by atoms with Crippen molar-refractivity contribution in [3.8, 4) is 5.75 Å². The van der Waals surface area contributed by atoms with Crippen LogP contribution in [0.5, 0.6) is 5.75 Å². The molecule has 2 rings (SSSR count). The van der Waals surface area contributed by atoms with E-state index in [4.69, 9.17) is 0 Å². The van der Waals surface area contributed by atoms with E-state index in [0.29, 0.717) is 0 Å². The third-order valence-corrected chi connectivity index (χ3v) is 2.93. The van der Waals surface area contributed by atoms with Crippen LogP contribution in [-0.2, 0) is 0 Å². The lowest BCUT2D eigenvalue weighted by Crippen LogP contribution is -2.17. The van der Waals surface area contributed by atoms with Crippen molar-refractivity contribution in [1.82, 2.24) is 5.43 Å². The second kappa shape index (κ2) is 6.96. The second-order valence-electron chi connectivity index (χ2n) is 4.48. The molecule has 0 aliphatic carbocycles. The molecule has 0 unspecified atom stereocenters. The first kappa shape index (κ1) is 16.5. The van der Waals surface area contributed by atoms with Crippen LogP contribution in [0.15, 0.2) is 47.6 Å². The van der Waals surface area contributed by atoms with Crippen molar-refractivity contribution in [2.75, 3.05) is 0 Å². The molecule has 2 N–H and O–H groups in total. The predicted octanol–water partition coefficient (Wildman–Crippen LogP) is 1.97. The lowest BCUT2D eigenvalue weighted by atomic mass is 10.2. The average molecular weight is 330 g/mol. The van der Waals surface area contributed by atoms with Gasteiger partial charge in [-0.1, -0.05) is 12.1 Å². The Labute approximate surface area is 134 Å². The molecule has 0 bridgehead atoms. The number of nitrogens with one attached hydrogen (secondary N) is 1. The number of carbonyl (C=O) groups excluding carboxylic acids is 1. The number of rotatable bonds is 5. The summed E-state index contributed by atoms with van der Waals surface area (Å²) in [5.41, 5.74) is 1.42. The summed E-state index contributed by atoms with van der Waals surface area (Å²) in [5, 5.41) is 34.7. The van der Waals surface area contributed by atoms with Gasteiger partial charge in [-0.3, -0.25) is 25.0 Å². The van der Waals surface area contributed by atoms with E-state index in [0.717, 1.165) is 18.3 Å². The van der Waals surface area contributed by atoms with Gasteiger partial charge in [0, 0.05) is 29.3 Å². The van der Waals surface area contributed by atoms with Crippen LogP contribution in [0, 0.1) is 20.2 Å². The number of nitro groups is 2. The highest BCUT2D eigenvalue weighted by atomic mass is 16.6. The van der Waals surface area contributed by atoms with Gasteiger partial charge in [0.2, 0.25) is 5.75 Å². The standard InChI is InChI=1S/C14H10N4O6/c19-13-10(4-2-6-12(13)18(23)24)8-15-16-14(20)9-3-1-5-11(7-9)17(21)22/h1-8,19H,(H,16,20). The smallest absolute Gasteiger partial charge is 0.311 e. The normalized spacial score (nSPS) is 10.5. The molecule has 10 nitrogen and oxygen atoms in total. The van der Waals surface area contributed by atoms with Gasteiger partial charge in [-0.05, 0) is 12.1 Å². The van der Waals surface area contributed by atoms with Crippen LogP contribution in [0.3, 0.4) is 0 Å². The van der Waals surface area contributed by atoms with Gasteiger partial charge in [0.15, 0.2) is 0 Å². The highest BCUT2D eigenvalue weighted by Crippen LogP contribution is 2.27. The molecular weight excluding hydrogens is 320 g/mol. The summed E-state index contributed by atoms with van der Waals surface area (Å²) in [6.45, 7) is 0. The Kier molecular flexibility index (Phi) is 4.80. The minimum atomic E-state index is -0.756. The van der Waals surface area contributed by atoms with Crippen molar-refractivity contribution in [3.05, 3.63) is 73.8 Å². The van der Waals surface area contributed by atoms with Crippen molar-refractivity contribution in [3.63, 3.8) is 0 Å². The molecule has 0 heterocycles. The number of phenols is 1. The maximum Gasteiger partial charge on any atom is 0.311 e. The molecule has 0 fully saturated rings. The molecule has 0 radical (unpaired) electrons. The van der Waals surface area contributed by atoms with Gasteiger partial charge in [-0.2, -0.15) is 5.10 Å². The van der Waals surface area contributed by atoms with E-state index in [1.54, 1.807) is 0 Å². The van der Waals surface area contributed by atoms with E-state index >= 15 is 0 Å². The highest BCUT2D eigenvalue weighted by Gasteiger charge is 2.15. The number of amides is 1. The van der Waals surface area contributed by atoms with Crippen LogP contribution in [-0.4, -0.2) is 27.1 Å². The maximum absolute atomic E-state index is 11.9. The van der Waals surface area contributed by atoms with Crippen LogP contribution in [0.1, 0.15) is 15.9 Å². The zero-order valence-corrected chi connectivity index (χ0v) is 11.9. The fraction of sp³-hybridized carbons (Fsp3) is 0. The van der Waals surface area contributed by atoms with E-state index in [2.05, 4.69) is 10.5 Å². The summed E-state index contributed by atoms with van der Waals surface area (Å²) < 4.78 is 0. The minimum absolute atomic E-state index is 0.0182. The average Bonchev–Trinajstić information content (AvgIpc) is 2.56. The van der Waals surface area contributed by atoms with E-state index in [1.807, 2.05) is 0 Å². The van der Waals surface area contributed by atoms with Crippen molar-refractivity contribution >= 4 is 23.5 Å². The number of hydrogen-bond donors (Lipinski definition) is 2. The Morgan fingerprint density at radius 1 is 1.12 bits per heavy atom. The number of aromatic hydroxyl groups is 1. The minimum Gasteiger partial charge on any atom is -0.502 e. The topological polar surface area (TPSA) is 148 Å². The number of benzene rings is 2. The third-order valence-electron chi connectivity index (χ3n) is 2.93. The van der Waals surface area contributed by atoms with Gasteiger partial charge < -0.3 is 5.11 Å². The van der Waals surface area contributed by atoms with Gasteiger partial charge in [0.25, 0.3) is 11.6 Å². The van der Waals surface area contributed by atoms with Crippen LogP contribution in [0.25, 0.3) is 0 Å². The van der Waals surface area contributed by atoms with E-state index in [1.165, 1.54) is 30.3 Å². The summed E-state index contributed by atoms with van der Waals surface area (Å²) in [6.07, 6.45) is 1.03. The zero-order chi connectivity index (χ0) is 17.7. The number of para-hydroxylation sites is 1. The number of nitrogens with zero attached hydrogens (tertiary/aromatic N) is 3. The Morgan fingerprint density at radius 3 is 2.50 bits per heavy atom. The molecule has 2 aromatic carbocycles. The monoisotopic (exact) mass is 330 g/mol. The van der Waals surface area contributed by atoms with E-state index in [9.17, 15) is 30.1 Å². The van der Waals surface area contributed by atoms with Crippen molar-refractivity contribution < 1.29 is 19.7 Å². The van der Waals surface area contributed by atoms with Gasteiger partial charge in [-0.25, -0.2) is 5.43 Å². The van der Waals surface area contributed by atoms with Crippen molar-refractivity contribution in [2.45, 2.75) is 0 Å². The second-order valence-corrected chi connectivity index (χ2v) is 4.48. The van der Waals surface area contributed by atoms with Gasteiger partial charge >= 0.3 is 5.69 Å². The highest BCUT2D eigenvalue weighted by molar-refractivity contribution is 5.95. The Balaban J connectivity index is 2.13. The number of hydrogen-bond acceptors (Lipinski definition) is 7. The predicted molar refractivity (Wildman–Crippen MR) is 82.9 cm³/mol. The van der Waals surface area contributed by atoms with Crippen molar-refractivity contribution in [2.24, 2.45) is 5.10 Å². The third kappa shape index (κ3) is 3.68. The Bertz CT molecular complexity index is 849. The van der Waals surface area contributed by atoms with Crippen LogP contribution in [0.2, 0.25) is 0 Å². The lowest BCUT2D eigenvalue weighted by molar-refractivity contribution is -0.385. The SMILES string of the molecule is O=C(NN=Cc1cccc([N+](=O)[O-])c1O)c1cccc([N+](=O)[O-])c1. The molecule has 10 heteroatoms. The molecule has 2 aromatic rings. The molecule has 0 saturated heterocycles. The van der Waals surface area contributed by atoms with Gasteiger partial charge in [0.1, 0.15) is 0 Å². The number of non-ortho nitro benzene ring substituents is 1. The molecular formula is C14H10N4O6. The lowest BCUT2D eigenvalue weighted by Gasteiger charge is -2.01. The molecule has 122 valence electrons.